The third-order valence-corrected chi connectivity index (χ3v) is 6.56. The van der Waals surface area contributed by atoms with Crippen molar-refractivity contribution >= 4 is 34.4 Å². The maximum absolute atomic E-state index is 12.9. The number of alkyl halides is 3. The molecular formula is C25H26F3N7O4. The van der Waals surface area contributed by atoms with Crippen molar-refractivity contribution in [2.75, 3.05) is 57.8 Å². The van der Waals surface area contributed by atoms with Crippen LogP contribution in [-0.2, 0) is 22.3 Å². The Kier molecular flexibility index (Phi) is 7.37. The Morgan fingerprint density at radius 3 is 2.33 bits per heavy atom. The van der Waals surface area contributed by atoms with E-state index in [2.05, 4.69) is 15.4 Å². The van der Waals surface area contributed by atoms with E-state index < -0.39 is 17.8 Å². The summed E-state index contributed by atoms with van der Waals surface area (Å²) in [5, 5.41) is 7.59. The quantitative estimate of drug-likeness (QED) is 0.539. The molecule has 0 atom stereocenters. The van der Waals surface area contributed by atoms with Gasteiger partial charge in [0.25, 0.3) is 5.91 Å². The number of benzene rings is 1. The number of urea groups is 1. The number of aromatic nitrogens is 3. The summed E-state index contributed by atoms with van der Waals surface area (Å²) in [6.07, 6.45) is -3.00. The minimum Gasteiger partial charge on any atom is -0.378 e. The van der Waals surface area contributed by atoms with Gasteiger partial charge in [0.2, 0.25) is 5.91 Å². The van der Waals surface area contributed by atoms with Crippen molar-refractivity contribution in [2.45, 2.75) is 12.7 Å². The van der Waals surface area contributed by atoms with E-state index in [1.54, 1.807) is 39.1 Å². The standard InChI is InChI=1S/C25H26F3N7O4/c26-25(27,28)21-3-1-2-20(30-21)23(37)29-18-4-5-19-17(14-18)15-35(31-19)16-22(36)32-6-8-33(9-7-32)24(38)34-10-12-39-13-11-34/h1-5,14-15H,6-13,16H2,(H,29,37). The summed E-state index contributed by atoms with van der Waals surface area (Å²) < 4.78 is 45.5. The molecule has 2 fully saturated rings. The molecule has 2 saturated heterocycles. The number of halogens is 3. The van der Waals surface area contributed by atoms with Crippen molar-refractivity contribution in [3.8, 4) is 0 Å². The smallest absolute Gasteiger partial charge is 0.378 e. The molecule has 5 rings (SSSR count). The lowest BCUT2D eigenvalue weighted by molar-refractivity contribution is -0.141. The lowest BCUT2D eigenvalue weighted by Gasteiger charge is -2.38. The van der Waals surface area contributed by atoms with Crippen LogP contribution in [0.5, 0.6) is 0 Å². The topological polar surface area (TPSA) is 113 Å². The van der Waals surface area contributed by atoms with Gasteiger partial charge in [-0.05, 0) is 30.3 Å². The number of anilines is 1. The number of fused-ring (bicyclic) bond motifs is 1. The van der Waals surface area contributed by atoms with Crippen LogP contribution in [0, 0.1) is 0 Å². The van der Waals surface area contributed by atoms with E-state index in [1.807, 2.05) is 0 Å². The highest BCUT2D eigenvalue weighted by molar-refractivity contribution is 6.03. The van der Waals surface area contributed by atoms with Crippen LogP contribution in [0.25, 0.3) is 10.9 Å². The summed E-state index contributed by atoms with van der Waals surface area (Å²) in [6, 6.07) is 7.91. The van der Waals surface area contributed by atoms with Crippen molar-refractivity contribution in [3.05, 3.63) is 54.0 Å². The molecule has 3 aromatic rings. The number of morpholine rings is 1. The zero-order valence-corrected chi connectivity index (χ0v) is 20.9. The largest absolute Gasteiger partial charge is 0.433 e. The van der Waals surface area contributed by atoms with Gasteiger partial charge in [0.05, 0.1) is 18.7 Å². The Balaban J connectivity index is 1.17. The molecule has 0 aliphatic carbocycles. The molecule has 206 valence electrons. The first-order valence-corrected chi connectivity index (χ1v) is 12.4. The molecule has 1 N–H and O–H groups in total. The highest BCUT2D eigenvalue weighted by Crippen LogP contribution is 2.27. The van der Waals surface area contributed by atoms with E-state index in [0.717, 1.165) is 12.1 Å². The predicted molar refractivity (Wildman–Crippen MR) is 133 cm³/mol. The van der Waals surface area contributed by atoms with E-state index in [1.165, 1.54) is 10.7 Å². The van der Waals surface area contributed by atoms with E-state index in [-0.39, 0.29) is 24.2 Å². The Labute approximate surface area is 221 Å². The van der Waals surface area contributed by atoms with Gasteiger partial charge in [-0.3, -0.25) is 14.3 Å². The Morgan fingerprint density at radius 2 is 1.62 bits per heavy atom. The van der Waals surface area contributed by atoms with Crippen molar-refractivity contribution in [2.24, 2.45) is 0 Å². The molecule has 14 heteroatoms. The first kappa shape index (κ1) is 26.4. The second kappa shape index (κ2) is 10.9. The van der Waals surface area contributed by atoms with Gasteiger partial charge in [0.1, 0.15) is 17.9 Å². The first-order chi connectivity index (χ1) is 18.7. The SMILES string of the molecule is O=C(Nc1ccc2nn(CC(=O)N3CCN(C(=O)N4CCOCC4)CC3)cc2c1)c1cccc(C(F)(F)F)n1. The molecule has 11 nitrogen and oxygen atoms in total. The molecule has 0 unspecified atom stereocenters. The Hall–Kier alpha value is -4.20. The molecule has 0 radical (unpaired) electrons. The summed E-state index contributed by atoms with van der Waals surface area (Å²) >= 11 is 0. The predicted octanol–water partition coefficient (Wildman–Crippen LogP) is 2.30. The van der Waals surface area contributed by atoms with Crippen LogP contribution in [0.15, 0.2) is 42.6 Å². The maximum Gasteiger partial charge on any atom is 0.433 e. The molecule has 2 aliphatic rings. The van der Waals surface area contributed by atoms with Gasteiger partial charge in [-0.25, -0.2) is 9.78 Å². The molecule has 2 aromatic heterocycles. The van der Waals surface area contributed by atoms with Crippen LogP contribution in [0.3, 0.4) is 0 Å². The van der Waals surface area contributed by atoms with E-state index in [4.69, 9.17) is 4.74 Å². The molecule has 4 amide bonds. The number of amides is 4. The molecule has 0 saturated carbocycles. The average Bonchev–Trinajstić information content (AvgIpc) is 3.34. The Bertz CT molecular complexity index is 1380. The number of piperazine rings is 1. The summed E-state index contributed by atoms with van der Waals surface area (Å²) in [5.41, 5.74) is -0.586. The fraction of sp³-hybridized carbons (Fsp3) is 0.400. The van der Waals surface area contributed by atoms with Crippen LogP contribution < -0.4 is 5.32 Å². The summed E-state index contributed by atoms with van der Waals surface area (Å²) in [7, 11) is 0. The zero-order chi connectivity index (χ0) is 27.6. The second-order valence-electron chi connectivity index (χ2n) is 9.21. The van der Waals surface area contributed by atoms with Crippen molar-refractivity contribution in [1.29, 1.82) is 0 Å². The van der Waals surface area contributed by atoms with Crippen LogP contribution in [0.2, 0.25) is 0 Å². The third-order valence-electron chi connectivity index (χ3n) is 6.56. The number of ether oxygens (including phenoxy) is 1. The zero-order valence-electron chi connectivity index (χ0n) is 20.9. The normalized spacial score (nSPS) is 16.4. The number of hydrogen-bond acceptors (Lipinski definition) is 6. The van der Waals surface area contributed by atoms with Gasteiger partial charge < -0.3 is 24.8 Å². The van der Waals surface area contributed by atoms with Gasteiger partial charge in [-0.1, -0.05) is 6.07 Å². The fourth-order valence-electron chi connectivity index (χ4n) is 4.49. The number of pyridine rings is 1. The molecule has 0 bridgehead atoms. The monoisotopic (exact) mass is 545 g/mol. The minimum absolute atomic E-state index is 0.00192. The van der Waals surface area contributed by atoms with Crippen LogP contribution in [0.1, 0.15) is 16.2 Å². The Morgan fingerprint density at radius 1 is 0.923 bits per heavy atom. The van der Waals surface area contributed by atoms with Gasteiger partial charge in [0.15, 0.2) is 0 Å². The number of nitrogens with zero attached hydrogens (tertiary/aromatic N) is 6. The van der Waals surface area contributed by atoms with Crippen molar-refractivity contribution in [1.82, 2.24) is 29.5 Å². The highest BCUT2D eigenvalue weighted by Gasteiger charge is 2.33. The van der Waals surface area contributed by atoms with Gasteiger partial charge in [-0.15, -0.1) is 0 Å². The van der Waals surface area contributed by atoms with Crippen LogP contribution in [-0.4, -0.2) is 99.8 Å². The lowest BCUT2D eigenvalue weighted by Crippen LogP contribution is -2.56. The minimum atomic E-state index is -4.66. The lowest BCUT2D eigenvalue weighted by atomic mass is 10.2. The third kappa shape index (κ3) is 6.11. The fourth-order valence-corrected chi connectivity index (χ4v) is 4.49. The second-order valence-corrected chi connectivity index (χ2v) is 9.21. The van der Waals surface area contributed by atoms with E-state index in [0.29, 0.717) is 69.1 Å². The molecule has 0 spiro atoms. The maximum atomic E-state index is 12.9. The van der Waals surface area contributed by atoms with E-state index >= 15 is 0 Å². The number of nitrogens with one attached hydrogen (secondary N) is 1. The molecule has 4 heterocycles. The molecule has 1 aromatic carbocycles. The number of rotatable bonds is 4. The average molecular weight is 546 g/mol. The number of hydrogen-bond donors (Lipinski definition) is 1. The van der Waals surface area contributed by atoms with Crippen molar-refractivity contribution < 1.29 is 32.3 Å². The van der Waals surface area contributed by atoms with Crippen LogP contribution in [0.4, 0.5) is 23.7 Å². The van der Waals surface area contributed by atoms with Crippen LogP contribution >= 0.6 is 0 Å². The highest BCUT2D eigenvalue weighted by atomic mass is 19.4. The number of carbonyl (C=O) groups is 3. The summed E-state index contributed by atoms with van der Waals surface area (Å²) in [4.78, 5) is 46.6. The van der Waals surface area contributed by atoms with Gasteiger partial charge >= 0.3 is 12.2 Å². The summed E-state index contributed by atoms with van der Waals surface area (Å²) in [6.45, 7) is 3.95. The van der Waals surface area contributed by atoms with Gasteiger partial charge in [0, 0.05) is 56.5 Å². The molecule has 2 aliphatic heterocycles. The van der Waals surface area contributed by atoms with Crippen molar-refractivity contribution in [3.63, 3.8) is 0 Å². The first-order valence-electron chi connectivity index (χ1n) is 12.4. The van der Waals surface area contributed by atoms with E-state index in [9.17, 15) is 27.6 Å². The van der Waals surface area contributed by atoms with Gasteiger partial charge in [-0.2, -0.15) is 18.3 Å². The summed E-state index contributed by atoms with van der Waals surface area (Å²) in [5.74, 6) is -0.917. The number of carbonyl (C=O) groups excluding carboxylic acids is 3. The molecular weight excluding hydrogens is 519 g/mol. The molecule has 39 heavy (non-hydrogen) atoms.